The first kappa shape index (κ1) is 14.8. The van der Waals surface area contributed by atoms with Crippen LogP contribution >= 0.6 is 0 Å². The number of hydrogen-bond donors (Lipinski definition) is 2. The molecule has 1 aliphatic carbocycles. The minimum absolute atomic E-state index is 0.410. The SMILES string of the molecule is CCC1(CN=C(N)NCCc2ccccn2)CCCC1. The van der Waals surface area contributed by atoms with E-state index in [9.17, 15) is 0 Å². The van der Waals surface area contributed by atoms with Gasteiger partial charge in [0.25, 0.3) is 0 Å². The van der Waals surface area contributed by atoms with Crippen molar-refractivity contribution < 1.29 is 0 Å². The molecule has 1 aromatic rings. The van der Waals surface area contributed by atoms with E-state index < -0.39 is 0 Å². The van der Waals surface area contributed by atoms with Crippen molar-refractivity contribution in [1.29, 1.82) is 0 Å². The van der Waals surface area contributed by atoms with Crippen LogP contribution in [-0.2, 0) is 6.42 Å². The molecule has 1 aliphatic rings. The highest BCUT2D eigenvalue weighted by molar-refractivity contribution is 5.77. The summed E-state index contributed by atoms with van der Waals surface area (Å²) in [6, 6.07) is 5.96. The maximum atomic E-state index is 5.95. The van der Waals surface area contributed by atoms with Crippen molar-refractivity contribution in [2.45, 2.75) is 45.4 Å². The lowest BCUT2D eigenvalue weighted by molar-refractivity contribution is 0.297. The zero-order chi connectivity index (χ0) is 14.3. The number of aliphatic imine (C=N–C) groups is 1. The van der Waals surface area contributed by atoms with E-state index in [0.29, 0.717) is 11.4 Å². The fraction of sp³-hybridized carbons (Fsp3) is 0.625. The van der Waals surface area contributed by atoms with E-state index in [2.05, 4.69) is 22.2 Å². The highest BCUT2D eigenvalue weighted by Crippen LogP contribution is 2.40. The normalized spacial score (nSPS) is 18.1. The first-order chi connectivity index (χ1) is 9.74. The first-order valence-electron chi connectivity index (χ1n) is 7.68. The fourth-order valence-electron chi connectivity index (χ4n) is 2.92. The van der Waals surface area contributed by atoms with Crippen LogP contribution in [0.3, 0.4) is 0 Å². The Bertz CT molecular complexity index is 421. The molecule has 3 N–H and O–H groups in total. The molecule has 0 bridgehead atoms. The zero-order valence-corrected chi connectivity index (χ0v) is 12.4. The highest BCUT2D eigenvalue weighted by atomic mass is 15.1. The molecule has 1 saturated carbocycles. The molecule has 0 unspecified atom stereocenters. The maximum absolute atomic E-state index is 5.95. The summed E-state index contributed by atoms with van der Waals surface area (Å²) in [6.07, 6.45) is 9.18. The van der Waals surface area contributed by atoms with Crippen molar-refractivity contribution in [3.63, 3.8) is 0 Å². The Kier molecular flexibility index (Phi) is 5.39. The average Bonchev–Trinajstić information content (AvgIpc) is 2.96. The van der Waals surface area contributed by atoms with Gasteiger partial charge in [-0.3, -0.25) is 9.98 Å². The molecule has 0 atom stereocenters. The first-order valence-corrected chi connectivity index (χ1v) is 7.68. The van der Waals surface area contributed by atoms with Gasteiger partial charge < -0.3 is 11.1 Å². The second-order valence-corrected chi connectivity index (χ2v) is 5.76. The molecule has 1 heterocycles. The van der Waals surface area contributed by atoms with Crippen molar-refractivity contribution in [3.8, 4) is 0 Å². The van der Waals surface area contributed by atoms with Crippen molar-refractivity contribution in [3.05, 3.63) is 30.1 Å². The molecular weight excluding hydrogens is 248 g/mol. The number of rotatable bonds is 6. The van der Waals surface area contributed by atoms with Crippen molar-refractivity contribution >= 4 is 5.96 Å². The van der Waals surface area contributed by atoms with Gasteiger partial charge in [-0.2, -0.15) is 0 Å². The van der Waals surface area contributed by atoms with E-state index in [1.165, 1.54) is 32.1 Å². The molecule has 1 aromatic heterocycles. The Labute approximate surface area is 121 Å². The molecule has 0 aliphatic heterocycles. The van der Waals surface area contributed by atoms with E-state index in [-0.39, 0.29) is 0 Å². The molecule has 0 spiro atoms. The predicted molar refractivity (Wildman–Crippen MR) is 83.6 cm³/mol. The molecule has 0 amide bonds. The molecule has 0 aromatic carbocycles. The molecule has 20 heavy (non-hydrogen) atoms. The summed E-state index contributed by atoms with van der Waals surface area (Å²) in [5, 5.41) is 3.18. The van der Waals surface area contributed by atoms with Crippen LogP contribution in [0.5, 0.6) is 0 Å². The van der Waals surface area contributed by atoms with Crippen LogP contribution in [0.4, 0.5) is 0 Å². The molecule has 4 heteroatoms. The second-order valence-electron chi connectivity index (χ2n) is 5.76. The number of nitrogens with zero attached hydrogens (tertiary/aromatic N) is 2. The minimum Gasteiger partial charge on any atom is -0.370 e. The van der Waals surface area contributed by atoms with E-state index in [1.54, 1.807) is 0 Å². The number of pyridine rings is 1. The third kappa shape index (κ3) is 4.22. The number of hydrogen-bond acceptors (Lipinski definition) is 2. The van der Waals surface area contributed by atoms with Gasteiger partial charge >= 0.3 is 0 Å². The standard InChI is InChI=1S/C16H26N4/c1-2-16(9-4-5-10-16)13-20-15(17)19-12-8-14-7-3-6-11-18-14/h3,6-7,11H,2,4-5,8-10,12-13H2,1H3,(H3,17,19,20). The fourth-order valence-corrected chi connectivity index (χ4v) is 2.92. The van der Waals surface area contributed by atoms with E-state index in [0.717, 1.165) is 25.2 Å². The van der Waals surface area contributed by atoms with Gasteiger partial charge in [0.1, 0.15) is 0 Å². The minimum atomic E-state index is 0.410. The number of aromatic nitrogens is 1. The summed E-state index contributed by atoms with van der Waals surface area (Å²) >= 11 is 0. The molecular formula is C16H26N4. The summed E-state index contributed by atoms with van der Waals surface area (Å²) in [5.41, 5.74) is 7.44. The Balaban J connectivity index is 1.74. The summed E-state index contributed by atoms with van der Waals surface area (Å²) in [4.78, 5) is 8.83. The van der Waals surface area contributed by atoms with Crippen LogP contribution in [0.2, 0.25) is 0 Å². The Morgan fingerprint density at radius 2 is 2.20 bits per heavy atom. The largest absolute Gasteiger partial charge is 0.370 e. The van der Waals surface area contributed by atoms with E-state index in [4.69, 9.17) is 5.73 Å². The third-order valence-corrected chi connectivity index (χ3v) is 4.41. The summed E-state index contributed by atoms with van der Waals surface area (Å²) < 4.78 is 0. The van der Waals surface area contributed by atoms with Crippen LogP contribution in [0.15, 0.2) is 29.4 Å². The van der Waals surface area contributed by atoms with Crippen LogP contribution in [-0.4, -0.2) is 24.0 Å². The van der Waals surface area contributed by atoms with E-state index in [1.807, 2.05) is 24.4 Å². The van der Waals surface area contributed by atoms with Gasteiger partial charge in [0, 0.05) is 31.4 Å². The molecule has 1 fully saturated rings. The average molecular weight is 274 g/mol. The van der Waals surface area contributed by atoms with Gasteiger partial charge in [0.05, 0.1) is 0 Å². The van der Waals surface area contributed by atoms with Crippen LogP contribution in [0, 0.1) is 5.41 Å². The molecule has 0 radical (unpaired) electrons. The molecule has 110 valence electrons. The number of nitrogens with two attached hydrogens (primary N) is 1. The topological polar surface area (TPSA) is 63.3 Å². The van der Waals surface area contributed by atoms with Gasteiger partial charge in [-0.05, 0) is 36.8 Å². The van der Waals surface area contributed by atoms with Gasteiger partial charge in [0.2, 0.25) is 0 Å². The Morgan fingerprint density at radius 1 is 1.40 bits per heavy atom. The molecule has 4 nitrogen and oxygen atoms in total. The Morgan fingerprint density at radius 3 is 2.85 bits per heavy atom. The predicted octanol–water partition coefficient (Wildman–Crippen LogP) is 2.50. The van der Waals surface area contributed by atoms with Crippen molar-refractivity contribution in [2.24, 2.45) is 16.1 Å². The van der Waals surface area contributed by atoms with Crippen LogP contribution in [0.25, 0.3) is 0 Å². The lowest BCUT2D eigenvalue weighted by atomic mass is 9.84. The maximum Gasteiger partial charge on any atom is 0.188 e. The van der Waals surface area contributed by atoms with Crippen LogP contribution in [0.1, 0.15) is 44.7 Å². The number of guanidine groups is 1. The van der Waals surface area contributed by atoms with Crippen LogP contribution < -0.4 is 11.1 Å². The van der Waals surface area contributed by atoms with Gasteiger partial charge in [0.15, 0.2) is 5.96 Å². The summed E-state index contributed by atoms with van der Waals surface area (Å²) in [6.45, 7) is 3.92. The van der Waals surface area contributed by atoms with Crippen molar-refractivity contribution in [2.75, 3.05) is 13.1 Å². The zero-order valence-electron chi connectivity index (χ0n) is 12.4. The summed E-state index contributed by atoms with van der Waals surface area (Å²) in [7, 11) is 0. The lowest BCUT2D eigenvalue weighted by Crippen LogP contribution is -2.34. The Hall–Kier alpha value is -1.58. The lowest BCUT2D eigenvalue weighted by Gasteiger charge is -2.25. The third-order valence-electron chi connectivity index (χ3n) is 4.41. The van der Waals surface area contributed by atoms with E-state index >= 15 is 0 Å². The summed E-state index contributed by atoms with van der Waals surface area (Å²) in [5.74, 6) is 0.570. The quantitative estimate of drug-likeness (QED) is 0.619. The van der Waals surface area contributed by atoms with Crippen molar-refractivity contribution in [1.82, 2.24) is 10.3 Å². The van der Waals surface area contributed by atoms with Gasteiger partial charge in [-0.1, -0.05) is 25.8 Å². The molecule has 0 saturated heterocycles. The molecule has 2 rings (SSSR count). The second kappa shape index (κ2) is 7.27. The monoisotopic (exact) mass is 274 g/mol. The number of nitrogens with one attached hydrogen (secondary N) is 1. The van der Waals surface area contributed by atoms with Gasteiger partial charge in [-0.25, -0.2) is 0 Å². The van der Waals surface area contributed by atoms with Gasteiger partial charge in [-0.15, -0.1) is 0 Å². The highest BCUT2D eigenvalue weighted by Gasteiger charge is 2.31. The smallest absolute Gasteiger partial charge is 0.188 e.